The van der Waals surface area contributed by atoms with Gasteiger partial charge in [0.2, 0.25) is 11.8 Å². The van der Waals surface area contributed by atoms with Crippen molar-refractivity contribution in [2.24, 2.45) is 0 Å². The number of thioether (sulfide) groups is 1. The van der Waals surface area contributed by atoms with Gasteiger partial charge in [-0.2, -0.15) is 0 Å². The molecular weight excluding hydrogens is 416 g/mol. The van der Waals surface area contributed by atoms with Gasteiger partial charge in [-0.15, -0.1) is 11.8 Å². The molecule has 6 heteroatoms. The Hall–Kier alpha value is -1.98. The van der Waals surface area contributed by atoms with E-state index in [1.807, 2.05) is 38.1 Å². The average molecular weight is 447 g/mol. The Balaban J connectivity index is 2.08. The minimum Gasteiger partial charge on any atom is -0.352 e. The molecule has 2 amide bonds. The average Bonchev–Trinajstić information content (AvgIpc) is 2.73. The number of nitrogens with one attached hydrogen (secondary N) is 1. The van der Waals surface area contributed by atoms with E-state index in [4.69, 9.17) is 11.6 Å². The van der Waals surface area contributed by atoms with Crippen LogP contribution in [0, 0.1) is 6.92 Å². The van der Waals surface area contributed by atoms with Gasteiger partial charge in [-0.05, 0) is 56.0 Å². The summed E-state index contributed by atoms with van der Waals surface area (Å²) >= 11 is 7.56. The fourth-order valence-electron chi connectivity index (χ4n) is 2.94. The predicted octanol–water partition coefficient (Wildman–Crippen LogP) is 5.21. The van der Waals surface area contributed by atoms with Crippen LogP contribution in [0.5, 0.6) is 0 Å². The van der Waals surface area contributed by atoms with Crippen molar-refractivity contribution in [3.05, 3.63) is 70.2 Å². The zero-order chi connectivity index (χ0) is 22.1. The van der Waals surface area contributed by atoms with Crippen LogP contribution in [0.1, 0.15) is 43.9 Å². The van der Waals surface area contributed by atoms with Crippen molar-refractivity contribution in [1.29, 1.82) is 0 Å². The lowest BCUT2D eigenvalue weighted by Crippen LogP contribution is -2.50. The molecule has 0 spiro atoms. The van der Waals surface area contributed by atoms with Crippen molar-refractivity contribution in [2.45, 2.75) is 58.5 Å². The number of rotatable bonds is 10. The third kappa shape index (κ3) is 7.37. The summed E-state index contributed by atoms with van der Waals surface area (Å²) in [5.41, 5.74) is 3.39. The van der Waals surface area contributed by atoms with Crippen molar-refractivity contribution in [3.8, 4) is 0 Å². The Morgan fingerprint density at radius 1 is 1.10 bits per heavy atom. The highest BCUT2D eigenvalue weighted by atomic mass is 35.5. The molecule has 2 rings (SSSR count). The molecule has 162 valence electrons. The van der Waals surface area contributed by atoms with Crippen molar-refractivity contribution in [1.82, 2.24) is 10.2 Å². The number of carbonyl (C=O) groups is 2. The summed E-state index contributed by atoms with van der Waals surface area (Å²) in [6.07, 6.45) is 0.843. The summed E-state index contributed by atoms with van der Waals surface area (Å²) in [7, 11) is 0. The first-order valence-electron chi connectivity index (χ1n) is 10.3. The molecule has 0 bridgehead atoms. The molecular formula is C24H31ClN2O2S. The molecule has 0 saturated heterocycles. The second kappa shape index (κ2) is 12.0. The normalized spacial score (nSPS) is 12.8. The van der Waals surface area contributed by atoms with Crippen LogP contribution in [-0.4, -0.2) is 34.6 Å². The van der Waals surface area contributed by atoms with Crippen LogP contribution in [0.15, 0.2) is 48.5 Å². The summed E-state index contributed by atoms with van der Waals surface area (Å²) in [6.45, 7) is 8.22. The summed E-state index contributed by atoms with van der Waals surface area (Å²) in [6, 6.07) is 15.1. The van der Waals surface area contributed by atoms with E-state index in [2.05, 4.69) is 24.4 Å². The molecule has 2 atom stereocenters. The molecule has 2 aromatic carbocycles. The molecule has 2 aromatic rings. The monoisotopic (exact) mass is 446 g/mol. The van der Waals surface area contributed by atoms with E-state index in [9.17, 15) is 9.59 Å². The number of carbonyl (C=O) groups excluding carboxylic acids is 2. The Bertz CT molecular complexity index is 841. The van der Waals surface area contributed by atoms with Gasteiger partial charge in [0.05, 0.1) is 5.75 Å². The predicted molar refractivity (Wildman–Crippen MR) is 127 cm³/mol. The third-order valence-electron chi connectivity index (χ3n) is 5.18. The molecule has 0 saturated carbocycles. The first-order chi connectivity index (χ1) is 14.3. The molecule has 0 aromatic heterocycles. The molecule has 0 fully saturated rings. The maximum atomic E-state index is 13.1. The number of halogens is 1. The molecule has 0 aliphatic rings. The smallest absolute Gasteiger partial charge is 0.242 e. The Morgan fingerprint density at radius 3 is 2.40 bits per heavy atom. The summed E-state index contributed by atoms with van der Waals surface area (Å²) in [4.78, 5) is 27.5. The van der Waals surface area contributed by atoms with Gasteiger partial charge >= 0.3 is 0 Å². The zero-order valence-electron chi connectivity index (χ0n) is 18.2. The lowest BCUT2D eigenvalue weighted by molar-refractivity contribution is -0.138. The quantitative estimate of drug-likeness (QED) is 0.544. The highest BCUT2D eigenvalue weighted by molar-refractivity contribution is 7.99. The molecule has 1 N–H and O–H groups in total. The van der Waals surface area contributed by atoms with Crippen molar-refractivity contribution in [3.63, 3.8) is 0 Å². The first-order valence-corrected chi connectivity index (χ1v) is 11.8. The molecule has 4 nitrogen and oxygen atoms in total. The third-order valence-corrected chi connectivity index (χ3v) is 6.40. The molecule has 0 aliphatic carbocycles. The van der Waals surface area contributed by atoms with E-state index >= 15 is 0 Å². The minimum atomic E-state index is -0.554. The van der Waals surface area contributed by atoms with Crippen LogP contribution >= 0.6 is 23.4 Å². The number of hydrogen-bond donors (Lipinski definition) is 1. The van der Waals surface area contributed by atoms with Crippen LogP contribution in [0.3, 0.4) is 0 Å². The van der Waals surface area contributed by atoms with E-state index in [1.54, 1.807) is 35.7 Å². The van der Waals surface area contributed by atoms with Crippen LogP contribution in [0.2, 0.25) is 5.02 Å². The summed E-state index contributed by atoms with van der Waals surface area (Å²) in [5.74, 6) is 0.912. The van der Waals surface area contributed by atoms with Crippen LogP contribution in [0.4, 0.5) is 0 Å². The second-order valence-electron chi connectivity index (χ2n) is 7.56. The van der Waals surface area contributed by atoms with Gasteiger partial charge in [0, 0.05) is 23.4 Å². The van der Waals surface area contributed by atoms with Gasteiger partial charge in [0.25, 0.3) is 0 Å². The Kier molecular flexibility index (Phi) is 9.73. The fourth-order valence-corrected chi connectivity index (χ4v) is 4.05. The van der Waals surface area contributed by atoms with E-state index in [-0.39, 0.29) is 17.9 Å². The lowest BCUT2D eigenvalue weighted by Gasteiger charge is -2.29. The van der Waals surface area contributed by atoms with Crippen LogP contribution in [-0.2, 0) is 21.9 Å². The number of amides is 2. The molecule has 0 heterocycles. The minimum absolute atomic E-state index is 0.0460. The number of benzene rings is 2. The van der Waals surface area contributed by atoms with Gasteiger partial charge in [-0.1, -0.05) is 54.9 Å². The second-order valence-corrected chi connectivity index (χ2v) is 8.98. The van der Waals surface area contributed by atoms with Crippen molar-refractivity contribution in [2.75, 3.05) is 5.75 Å². The largest absolute Gasteiger partial charge is 0.352 e. The highest BCUT2D eigenvalue weighted by Crippen LogP contribution is 2.19. The Labute approximate surface area is 189 Å². The number of hydrogen-bond acceptors (Lipinski definition) is 3. The van der Waals surface area contributed by atoms with Crippen molar-refractivity contribution >= 4 is 35.2 Å². The SMILES string of the molecule is CCC(C)NC(=O)C(C)N(Cc1ccc(Cl)cc1)C(=O)CSCc1ccccc1C. The van der Waals surface area contributed by atoms with Gasteiger partial charge in [0.15, 0.2) is 0 Å². The topological polar surface area (TPSA) is 49.4 Å². The van der Waals surface area contributed by atoms with Crippen molar-refractivity contribution < 1.29 is 9.59 Å². The number of nitrogens with zero attached hydrogens (tertiary/aromatic N) is 1. The molecule has 0 aliphatic heterocycles. The lowest BCUT2D eigenvalue weighted by atomic mass is 10.1. The summed E-state index contributed by atoms with van der Waals surface area (Å²) in [5, 5.41) is 3.63. The molecule has 2 unspecified atom stereocenters. The maximum absolute atomic E-state index is 13.1. The van der Waals surface area contributed by atoms with Gasteiger partial charge < -0.3 is 10.2 Å². The molecule has 30 heavy (non-hydrogen) atoms. The van der Waals surface area contributed by atoms with Crippen LogP contribution < -0.4 is 5.32 Å². The number of aryl methyl sites for hydroxylation is 1. The summed E-state index contributed by atoms with van der Waals surface area (Å²) < 4.78 is 0. The first kappa shape index (κ1) is 24.3. The van der Waals surface area contributed by atoms with E-state index in [1.165, 1.54) is 11.1 Å². The van der Waals surface area contributed by atoms with E-state index < -0.39 is 6.04 Å². The van der Waals surface area contributed by atoms with E-state index in [0.29, 0.717) is 17.3 Å². The van der Waals surface area contributed by atoms with Gasteiger partial charge in [0.1, 0.15) is 6.04 Å². The van der Waals surface area contributed by atoms with E-state index in [0.717, 1.165) is 17.7 Å². The van der Waals surface area contributed by atoms with Gasteiger partial charge in [-0.25, -0.2) is 0 Å². The maximum Gasteiger partial charge on any atom is 0.242 e. The van der Waals surface area contributed by atoms with Gasteiger partial charge in [-0.3, -0.25) is 9.59 Å². The Morgan fingerprint density at radius 2 is 1.77 bits per heavy atom. The standard InChI is InChI=1S/C24H31ClN2O2S/c1-5-18(3)26-24(29)19(4)27(14-20-10-12-22(25)13-11-20)23(28)16-30-15-21-9-7-6-8-17(21)2/h6-13,18-19H,5,14-16H2,1-4H3,(H,26,29). The fraction of sp³-hybridized carbons (Fsp3) is 0.417. The zero-order valence-corrected chi connectivity index (χ0v) is 19.7. The highest BCUT2D eigenvalue weighted by Gasteiger charge is 2.26. The van der Waals surface area contributed by atoms with Crippen LogP contribution in [0.25, 0.3) is 0 Å². The molecule has 0 radical (unpaired) electrons.